The molecule has 27 heavy (non-hydrogen) atoms. The molecule has 3 rings (SSSR count). The molecule has 1 aromatic heterocycles. The van der Waals surface area contributed by atoms with Crippen LogP contribution in [0.3, 0.4) is 0 Å². The Kier molecular flexibility index (Phi) is 7.82. The van der Waals surface area contributed by atoms with Gasteiger partial charge in [0, 0.05) is 45.9 Å². The van der Waals surface area contributed by atoms with E-state index >= 15 is 0 Å². The van der Waals surface area contributed by atoms with Crippen LogP contribution in [-0.2, 0) is 4.74 Å². The zero-order chi connectivity index (χ0) is 19.0. The van der Waals surface area contributed by atoms with Gasteiger partial charge in [-0.25, -0.2) is 0 Å². The van der Waals surface area contributed by atoms with Gasteiger partial charge in [-0.3, -0.25) is 4.99 Å². The number of hydrogen-bond acceptors (Lipinski definition) is 4. The predicted molar refractivity (Wildman–Crippen MR) is 116 cm³/mol. The van der Waals surface area contributed by atoms with Gasteiger partial charge in [0.25, 0.3) is 0 Å². The number of anilines is 1. The van der Waals surface area contributed by atoms with Crippen LogP contribution in [-0.4, -0.2) is 51.9 Å². The zero-order valence-electron chi connectivity index (χ0n) is 17.0. The van der Waals surface area contributed by atoms with E-state index in [4.69, 9.17) is 4.74 Å². The molecule has 1 aliphatic carbocycles. The highest BCUT2D eigenvalue weighted by atomic mass is 32.1. The van der Waals surface area contributed by atoms with Crippen LogP contribution < -0.4 is 15.5 Å². The number of nitrogens with zero attached hydrogens (tertiary/aromatic N) is 2. The first kappa shape index (κ1) is 20.5. The Labute approximate surface area is 168 Å². The SMILES string of the molecule is CCOCCC1(CNC(=NC)NC2CCN(c3cccs3)CC2)CCCC1. The Morgan fingerprint density at radius 3 is 2.74 bits per heavy atom. The molecule has 5 nitrogen and oxygen atoms in total. The van der Waals surface area contributed by atoms with Gasteiger partial charge in [0.1, 0.15) is 0 Å². The summed E-state index contributed by atoms with van der Waals surface area (Å²) in [5.41, 5.74) is 0.384. The maximum atomic E-state index is 5.64. The van der Waals surface area contributed by atoms with Gasteiger partial charge in [-0.2, -0.15) is 0 Å². The summed E-state index contributed by atoms with van der Waals surface area (Å²) in [6.07, 6.45) is 8.79. The first-order chi connectivity index (χ1) is 13.2. The van der Waals surface area contributed by atoms with Crippen molar-refractivity contribution in [3.63, 3.8) is 0 Å². The Balaban J connectivity index is 1.44. The van der Waals surface area contributed by atoms with E-state index in [1.807, 2.05) is 18.4 Å². The van der Waals surface area contributed by atoms with E-state index in [1.54, 1.807) is 0 Å². The number of ether oxygens (including phenoxy) is 1. The lowest BCUT2D eigenvalue weighted by Gasteiger charge is -2.34. The van der Waals surface area contributed by atoms with Crippen LogP contribution in [0.15, 0.2) is 22.5 Å². The molecule has 0 aromatic carbocycles. The van der Waals surface area contributed by atoms with Crippen LogP contribution in [0.4, 0.5) is 5.00 Å². The number of nitrogens with one attached hydrogen (secondary N) is 2. The monoisotopic (exact) mass is 392 g/mol. The maximum Gasteiger partial charge on any atom is 0.191 e. The Morgan fingerprint density at radius 1 is 1.33 bits per heavy atom. The lowest BCUT2D eigenvalue weighted by Crippen LogP contribution is -2.50. The summed E-state index contributed by atoms with van der Waals surface area (Å²) in [4.78, 5) is 6.99. The van der Waals surface area contributed by atoms with Gasteiger partial charge >= 0.3 is 0 Å². The normalized spacial score (nSPS) is 20.8. The van der Waals surface area contributed by atoms with Crippen LogP contribution in [0.1, 0.15) is 51.9 Å². The number of guanidine groups is 1. The molecule has 0 unspecified atom stereocenters. The molecule has 2 N–H and O–H groups in total. The molecule has 0 spiro atoms. The molecule has 0 radical (unpaired) electrons. The van der Waals surface area contributed by atoms with Gasteiger partial charge in [0.2, 0.25) is 0 Å². The summed E-state index contributed by atoms with van der Waals surface area (Å²) in [7, 11) is 1.89. The van der Waals surface area contributed by atoms with Gasteiger partial charge in [-0.15, -0.1) is 11.3 Å². The number of hydrogen-bond donors (Lipinski definition) is 2. The molecular weight excluding hydrogens is 356 g/mol. The van der Waals surface area contributed by atoms with Gasteiger partial charge in [-0.05, 0) is 62.0 Å². The van der Waals surface area contributed by atoms with Crippen LogP contribution >= 0.6 is 11.3 Å². The number of aliphatic imine (C=N–C) groups is 1. The lowest BCUT2D eigenvalue weighted by molar-refractivity contribution is 0.105. The molecule has 0 bridgehead atoms. The minimum atomic E-state index is 0.384. The highest BCUT2D eigenvalue weighted by Gasteiger charge is 2.33. The van der Waals surface area contributed by atoms with Gasteiger partial charge in [-0.1, -0.05) is 12.8 Å². The fraction of sp³-hybridized carbons (Fsp3) is 0.762. The van der Waals surface area contributed by atoms with Crippen LogP contribution in [0.25, 0.3) is 0 Å². The summed E-state index contributed by atoms with van der Waals surface area (Å²) < 4.78 is 5.64. The third-order valence-electron chi connectivity index (χ3n) is 6.15. The molecule has 1 aliphatic heterocycles. The Morgan fingerprint density at radius 2 is 2.11 bits per heavy atom. The van der Waals surface area contributed by atoms with Crippen molar-refractivity contribution in [2.75, 3.05) is 44.8 Å². The number of rotatable bonds is 8. The molecule has 152 valence electrons. The molecular formula is C21H36N4OS. The van der Waals surface area contributed by atoms with E-state index in [9.17, 15) is 0 Å². The quantitative estimate of drug-likeness (QED) is 0.401. The standard InChI is InChI=1S/C21H36N4OS/c1-3-26-15-12-21(10-4-5-11-21)17-23-20(22-2)24-18-8-13-25(14-9-18)19-7-6-16-27-19/h6-7,16,18H,3-5,8-15,17H2,1-2H3,(H2,22,23,24). The van der Waals surface area contributed by atoms with Crippen LogP contribution in [0, 0.1) is 5.41 Å². The fourth-order valence-corrected chi connectivity index (χ4v) is 5.21. The van der Waals surface area contributed by atoms with Gasteiger partial charge < -0.3 is 20.3 Å². The molecule has 2 heterocycles. The third-order valence-corrected chi connectivity index (χ3v) is 7.08. The largest absolute Gasteiger partial charge is 0.382 e. The second-order valence-electron chi connectivity index (χ2n) is 7.94. The fourth-order valence-electron chi connectivity index (χ4n) is 4.43. The smallest absolute Gasteiger partial charge is 0.191 e. The van der Waals surface area contributed by atoms with E-state index in [-0.39, 0.29) is 0 Å². The van der Waals surface area contributed by atoms with Crippen molar-refractivity contribution < 1.29 is 4.74 Å². The third kappa shape index (κ3) is 5.85. The summed E-state index contributed by atoms with van der Waals surface area (Å²) in [5, 5.41) is 10.9. The molecule has 6 heteroatoms. The first-order valence-corrected chi connectivity index (χ1v) is 11.5. The van der Waals surface area contributed by atoms with Crippen molar-refractivity contribution in [2.45, 2.75) is 57.9 Å². The van der Waals surface area contributed by atoms with Gasteiger partial charge in [0.15, 0.2) is 5.96 Å². The predicted octanol–water partition coefficient (Wildman–Crippen LogP) is 3.87. The molecule has 1 aromatic rings. The van der Waals surface area contributed by atoms with Crippen molar-refractivity contribution in [3.05, 3.63) is 17.5 Å². The molecule has 1 saturated carbocycles. The van der Waals surface area contributed by atoms with E-state index in [0.717, 1.165) is 58.1 Å². The van der Waals surface area contributed by atoms with Crippen LogP contribution in [0.2, 0.25) is 0 Å². The molecule has 2 fully saturated rings. The molecule has 1 saturated heterocycles. The Hall–Kier alpha value is -1.27. The summed E-state index contributed by atoms with van der Waals surface area (Å²) in [6, 6.07) is 4.87. The molecule has 0 amide bonds. The van der Waals surface area contributed by atoms with E-state index < -0.39 is 0 Å². The zero-order valence-corrected chi connectivity index (χ0v) is 17.8. The average Bonchev–Trinajstić information content (AvgIpc) is 3.39. The minimum Gasteiger partial charge on any atom is -0.382 e. The van der Waals surface area contributed by atoms with Crippen molar-refractivity contribution in [3.8, 4) is 0 Å². The lowest BCUT2D eigenvalue weighted by atomic mass is 9.83. The van der Waals surface area contributed by atoms with E-state index in [0.29, 0.717) is 11.5 Å². The van der Waals surface area contributed by atoms with Crippen molar-refractivity contribution in [2.24, 2.45) is 10.4 Å². The average molecular weight is 393 g/mol. The maximum absolute atomic E-state index is 5.64. The summed E-state index contributed by atoms with van der Waals surface area (Å²) in [5.74, 6) is 0.965. The summed E-state index contributed by atoms with van der Waals surface area (Å²) in [6.45, 7) is 7.02. The number of piperidine rings is 1. The highest BCUT2D eigenvalue weighted by molar-refractivity contribution is 7.14. The highest BCUT2D eigenvalue weighted by Crippen LogP contribution is 2.40. The molecule has 0 atom stereocenters. The van der Waals surface area contributed by atoms with E-state index in [1.165, 1.54) is 30.7 Å². The van der Waals surface area contributed by atoms with Crippen molar-refractivity contribution >= 4 is 22.3 Å². The number of thiophene rings is 1. The topological polar surface area (TPSA) is 48.9 Å². The van der Waals surface area contributed by atoms with Gasteiger partial charge in [0.05, 0.1) is 5.00 Å². The second kappa shape index (κ2) is 10.3. The second-order valence-corrected chi connectivity index (χ2v) is 8.86. The van der Waals surface area contributed by atoms with E-state index in [2.05, 4.69) is 45.0 Å². The van der Waals surface area contributed by atoms with Crippen LogP contribution in [0.5, 0.6) is 0 Å². The minimum absolute atomic E-state index is 0.384. The Bertz CT molecular complexity index is 561. The molecule has 2 aliphatic rings. The van der Waals surface area contributed by atoms with Crippen molar-refractivity contribution in [1.82, 2.24) is 10.6 Å². The summed E-state index contributed by atoms with van der Waals surface area (Å²) >= 11 is 1.84. The first-order valence-electron chi connectivity index (χ1n) is 10.6. The van der Waals surface area contributed by atoms with Crippen molar-refractivity contribution in [1.29, 1.82) is 0 Å².